The minimum Gasteiger partial charge on any atom is -0.480 e. The van der Waals surface area contributed by atoms with Crippen LogP contribution in [0.15, 0.2) is 0 Å². The number of hydrogen-bond acceptors (Lipinski definition) is 5. The fourth-order valence-electron chi connectivity index (χ4n) is 5.15. The number of ether oxygens (including phenoxy) is 2. The summed E-state index contributed by atoms with van der Waals surface area (Å²) in [7, 11) is 0. The lowest BCUT2D eigenvalue weighted by Gasteiger charge is -2.41. The van der Waals surface area contributed by atoms with Gasteiger partial charge in [-0.2, -0.15) is 0 Å². The lowest BCUT2D eigenvalue weighted by Crippen LogP contribution is -2.53. The normalized spacial score (nSPS) is 33.9. The van der Waals surface area contributed by atoms with E-state index >= 15 is 0 Å². The van der Waals surface area contributed by atoms with Crippen LogP contribution in [0.3, 0.4) is 0 Å². The predicted molar refractivity (Wildman–Crippen MR) is 115 cm³/mol. The number of likely N-dealkylation sites (tertiary alicyclic amines) is 1. The Hall–Kier alpha value is -1.83. The number of carbonyl (C=O) groups excluding carboxylic acids is 2. The van der Waals surface area contributed by atoms with Gasteiger partial charge in [-0.05, 0) is 72.1 Å². The maximum atomic E-state index is 13.5. The number of carboxylic acid groups (broad SMARTS) is 1. The van der Waals surface area contributed by atoms with Gasteiger partial charge in [0.25, 0.3) is 5.91 Å². The summed E-state index contributed by atoms with van der Waals surface area (Å²) in [4.78, 5) is 41.8. The quantitative estimate of drug-likeness (QED) is 0.722. The van der Waals surface area contributed by atoms with Crippen LogP contribution in [0, 0.1) is 5.92 Å². The predicted octanol–water partition coefficient (Wildman–Crippen LogP) is 3.43. The first-order valence-corrected chi connectivity index (χ1v) is 11.6. The van der Waals surface area contributed by atoms with Crippen molar-refractivity contribution in [1.82, 2.24) is 9.80 Å². The second-order valence-corrected chi connectivity index (χ2v) is 10.7. The molecular weight excluding hydrogens is 400 g/mol. The molecule has 2 aliphatic heterocycles. The third kappa shape index (κ3) is 5.16. The summed E-state index contributed by atoms with van der Waals surface area (Å²) in [6, 6.07) is -0.321. The van der Waals surface area contributed by atoms with Crippen LogP contribution in [0.5, 0.6) is 0 Å². The monoisotopic (exact) mass is 438 g/mol. The Morgan fingerprint density at radius 2 is 1.74 bits per heavy atom. The van der Waals surface area contributed by atoms with Gasteiger partial charge < -0.3 is 19.5 Å². The van der Waals surface area contributed by atoms with Crippen molar-refractivity contribution in [2.75, 3.05) is 13.2 Å². The maximum absolute atomic E-state index is 13.5. The molecule has 0 aromatic rings. The summed E-state index contributed by atoms with van der Waals surface area (Å²) < 4.78 is 11.2. The van der Waals surface area contributed by atoms with Crippen LogP contribution in [-0.2, 0) is 19.1 Å². The van der Waals surface area contributed by atoms with Gasteiger partial charge in [-0.25, -0.2) is 9.59 Å². The van der Waals surface area contributed by atoms with Gasteiger partial charge in [0.15, 0.2) is 0 Å². The Labute approximate surface area is 185 Å². The molecule has 176 valence electrons. The van der Waals surface area contributed by atoms with Crippen LogP contribution in [-0.4, -0.2) is 75.4 Å². The Morgan fingerprint density at radius 1 is 1.10 bits per heavy atom. The van der Waals surface area contributed by atoms with E-state index in [0.29, 0.717) is 18.9 Å². The number of rotatable bonds is 4. The molecule has 0 aromatic carbocycles. The van der Waals surface area contributed by atoms with Crippen molar-refractivity contribution >= 4 is 18.0 Å². The highest BCUT2D eigenvalue weighted by atomic mass is 16.6. The first-order valence-electron chi connectivity index (χ1n) is 11.6. The third-order valence-electron chi connectivity index (χ3n) is 6.93. The van der Waals surface area contributed by atoms with Gasteiger partial charge in [-0.3, -0.25) is 9.69 Å². The number of hydrogen-bond donors (Lipinski definition) is 1. The van der Waals surface area contributed by atoms with Crippen LogP contribution in [0.25, 0.3) is 0 Å². The lowest BCUT2D eigenvalue weighted by molar-refractivity contribution is -0.149. The molecule has 2 amide bonds. The SMILES string of the molecule is CC(C)(C)OC(=O)N1C[C@@H](N(C(=O)[C@@H]2CCCO2)[C@H]2CC[C@@H](C)CC2)C[C@@]1(C)C(=O)O. The topological polar surface area (TPSA) is 96.4 Å². The molecule has 0 unspecified atom stereocenters. The summed E-state index contributed by atoms with van der Waals surface area (Å²) >= 11 is 0. The van der Waals surface area contributed by atoms with Crippen molar-refractivity contribution in [2.24, 2.45) is 5.92 Å². The van der Waals surface area contributed by atoms with Gasteiger partial charge in [0.1, 0.15) is 17.2 Å². The van der Waals surface area contributed by atoms with Crippen LogP contribution >= 0.6 is 0 Å². The zero-order chi connectivity index (χ0) is 23.0. The lowest BCUT2D eigenvalue weighted by atomic mass is 9.85. The highest BCUT2D eigenvalue weighted by Gasteiger charge is 2.54. The molecule has 8 nitrogen and oxygen atoms in total. The van der Waals surface area contributed by atoms with Gasteiger partial charge in [-0.15, -0.1) is 0 Å². The molecule has 3 atom stereocenters. The van der Waals surface area contributed by atoms with Gasteiger partial charge in [0.05, 0.1) is 6.04 Å². The van der Waals surface area contributed by atoms with E-state index < -0.39 is 29.3 Å². The van der Waals surface area contributed by atoms with E-state index in [9.17, 15) is 19.5 Å². The van der Waals surface area contributed by atoms with E-state index in [2.05, 4.69) is 6.92 Å². The van der Waals surface area contributed by atoms with Crippen LogP contribution < -0.4 is 0 Å². The summed E-state index contributed by atoms with van der Waals surface area (Å²) in [5.41, 5.74) is -2.16. The average molecular weight is 439 g/mol. The highest BCUT2D eigenvalue weighted by molar-refractivity contribution is 5.86. The number of carbonyl (C=O) groups is 3. The average Bonchev–Trinajstić information content (AvgIpc) is 3.31. The van der Waals surface area contributed by atoms with Crippen molar-refractivity contribution in [2.45, 2.75) is 109 Å². The van der Waals surface area contributed by atoms with Gasteiger partial charge >= 0.3 is 12.1 Å². The standard InChI is InChI=1S/C23H38N2O6/c1-15-8-10-16(11-9-15)25(19(26)18-7-6-12-30-18)17-13-23(5,20(27)28)24(14-17)21(29)31-22(2,3)4/h15-18H,6-14H2,1-5H3,(H,27,28)/t15-,16+,17-,18-,23-/m0/s1. The van der Waals surface area contributed by atoms with Gasteiger partial charge in [0, 0.05) is 25.6 Å². The molecule has 0 radical (unpaired) electrons. The molecule has 1 saturated carbocycles. The first kappa shape index (κ1) is 23.8. The van der Waals surface area contributed by atoms with E-state index in [1.165, 1.54) is 4.90 Å². The van der Waals surface area contributed by atoms with E-state index in [1.54, 1.807) is 27.7 Å². The molecule has 3 rings (SSSR count). The highest BCUT2D eigenvalue weighted by Crippen LogP contribution is 2.38. The second-order valence-electron chi connectivity index (χ2n) is 10.7. The summed E-state index contributed by atoms with van der Waals surface area (Å²) in [6.07, 6.45) is 4.49. The van der Waals surface area contributed by atoms with Crippen LogP contribution in [0.1, 0.15) is 79.6 Å². The van der Waals surface area contributed by atoms with Crippen LogP contribution in [0.4, 0.5) is 4.79 Å². The Balaban J connectivity index is 1.88. The molecule has 31 heavy (non-hydrogen) atoms. The molecule has 2 heterocycles. The zero-order valence-corrected chi connectivity index (χ0v) is 19.6. The molecule has 1 aliphatic carbocycles. The van der Waals surface area contributed by atoms with E-state index in [-0.39, 0.29) is 31.0 Å². The molecule has 3 aliphatic rings. The second kappa shape index (κ2) is 8.96. The molecule has 2 saturated heterocycles. The minimum absolute atomic E-state index is 0.0505. The fourth-order valence-corrected chi connectivity index (χ4v) is 5.15. The van der Waals surface area contributed by atoms with Crippen molar-refractivity contribution < 1.29 is 29.0 Å². The Bertz CT molecular complexity index is 691. The van der Waals surface area contributed by atoms with Crippen LogP contribution in [0.2, 0.25) is 0 Å². The van der Waals surface area contributed by atoms with Crippen molar-refractivity contribution in [3.63, 3.8) is 0 Å². The first-order chi connectivity index (χ1) is 14.4. The van der Waals surface area contributed by atoms with E-state index in [0.717, 1.165) is 32.1 Å². The Morgan fingerprint density at radius 3 is 2.26 bits per heavy atom. The van der Waals surface area contributed by atoms with E-state index in [4.69, 9.17) is 9.47 Å². The smallest absolute Gasteiger partial charge is 0.411 e. The minimum atomic E-state index is -1.43. The largest absolute Gasteiger partial charge is 0.480 e. The Kier molecular flexibility index (Phi) is 6.89. The molecule has 3 fully saturated rings. The molecule has 0 bridgehead atoms. The summed E-state index contributed by atoms with van der Waals surface area (Å²) in [6.45, 7) is 9.78. The van der Waals surface area contributed by atoms with Crippen molar-refractivity contribution in [3.05, 3.63) is 0 Å². The van der Waals surface area contributed by atoms with E-state index in [1.807, 2.05) is 4.90 Å². The number of nitrogens with zero attached hydrogens (tertiary/aromatic N) is 2. The number of aliphatic carboxylic acids is 1. The molecule has 1 N–H and O–H groups in total. The molecule has 0 aromatic heterocycles. The third-order valence-corrected chi connectivity index (χ3v) is 6.93. The van der Waals surface area contributed by atoms with Crippen molar-refractivity contribution in [1.29, 1.82) is 0 Å². The van der Waals surface area contributed by atoms with Gasteiger partial charge in [-0.1, -0.05) is 6.92 Å². The zero-order valence-electron chi connectivity index (χ0n) is 19.6. The number of carboxylic acids is 1. The molecule has 0 spiro atoms. The van der Waals surface area contributed by atoms with Crippen molar-refractivity contribution in [3.8, 4) is 0 Å². The number of amides is 2. The fraction of sp³-hybridized carbons (Fsp3) is 0.870. The molecular formula is C23H38N2O6. The van der Waals surface area contributed by atoms with Gasteiger partial charge in [0.2, 0.25) is 0 Å². The summed E-state index contributed by atoms with van der Waals surface area (Å²) in [5.74, 6) is -0.509. The summed E-state index contributed by atoms with van der Waals surface area (Å²) in [5, 5.41) is 10.0. The molecule has 8 heteroatoms. The maximum Gasteiger partial charge on any atom is 0.411 e.